The molecule has 0 amide bonds. The van der Waals surface area contributed by atoms with Crippen LogP contribution in [0.2, 0.25) is 0 Å². The van der Waals surface area contributed by atoms with Crippen LogP contribution in [-0.4, -0.2) is 28.2 Å². The summed E-state index contributed by atoms with van der Waals surface area (Å²) < 4.78 is 11.4. The van der Waals surface area contributed by atoms with E-state index in [9.17, 15) is 0 Å². The second-order valence-electron chi connectivity index (χ2n) is 7.18. The van der Waals surface area contributed by atoms with E-state index in [2.05, 4.69) is 20.4 Å². The van der Waals surface area contributed by atoms with Crippen molar-refractivity contribution in [2.45, 2.75) is 25.4 Å². The lowest BCUT2D eigenvalue weighted by molar-refractivity contribution is 0.306. The third kappa shape index (κ3) is 3.55. The van der Waals surface area contributed by atoms with Crippen LogP contribution in [0.1, 0.15) is 30.2 Å². The van der Waals surface area contributed by atoms with Gasteiger partial charge in [0, 0.05) is 36.0 Å². The van der Waals surface area contributed by atoms with Crippen LogP contribution in [-0.2, 0) is 6.61 Å². The SMILES string of the molecule is Cl.c1cncc(COc2cccc(-c3noc(C4CC45CCNC5)n3)c2)c1. The van der Waals surface area contributed by atoms with Crippen LogP contribution in [0.15, 0.2) is 53.3 Å². The van der Waals surface area contributed by atoms with Crippen molar-refractivity contribution in [3.63, 3.8) is 0 Å². The van der Waals surface area contributed by atoms with Gasteiger partial charge in [-0.25, -0.2) is 0 Å². The largest absolute Gasteiger partial charge is 0.489 e. The van der Waals surface area contributed by atoms with Crippen molar-refractivity contribution in [3.8, 4) is 17.1 Å². The number of rotatable bonds is 5. The smallest absolute Gasteiger partial charge is 0.230 e. The van der Waals surface area contributed by atoms with Crippen LogP contribution in [0, 0.1) is 5.41 Å². The number of pyridine rings is 1. The molecule has 1 saturated heterocycles. The Labute approximate surface area is 163 Å². The molecular formula is C20H21ClN4O2. The van der Waals surface area contributed by atoms with Crippen LogP contribution in [0.3, 0.4) is 0 Å². The fraction of sp³-hybridized carbons (Fsp3) is 0.350. The maximum absolute atomic E-state index is 5.86. The Morgan fingerprint density at radius 3 is 3.04 bits per heavy atom. The molecule has 140 valence electrons. The molecule has 1 aliphatic heterocycles. The van der Waals surface area contributed by atoms with Crippen molar-refractivity contribution < 1.29 is 9.26 Å². The number of aromatic nitrogens is 3. The minimum Gasteiger partial charge on any atom is -0.489 e. The highest BCUT2D eigenvalue weighted by molar-refractivity contribution is 5.85. The zero-order valence-corrected chi connectivity index (χ0v) is 15.6. The number of nitrogens with zero attached hydrogens (tertiary/aromatic N) is 3. The molecule has 1 N–H and O–H groups in total. The molecule has 1 aromatic carbocycles. The predicted octanol–water partition coefficient (Wildman–Crippen LogP) is 3.60. The first-order valence-electron chi connectivity index (χ1n) is 8.99. The second-order valence-corrected chi connectivity index (χ2v) is 7.18. The fourth-order valence-corrected chi connectivity index (χ4v) is 3.80. The lowest BCUT2D eigenvalue weighted by Crippen LogP contribution is -2.10. The van der Waals surface area contributed by atoms with E-state index in [1.54, 1.807) is 12.4 Å². The van der Waals surface area contributed by atoms with Crippen molar-refractivity contribution in [2.24, 2.45) is 5.41 Å². The average Bonchev–Trinajstić information content (AvgIpc) is 3.04. The van der Waals surface area contributed by atoms with E-state index in [1.165, 1.54) is 6.42 Å². The maximum atomic E-state index is 5.86. The van der Waals surface area contributed by atoms with Gasteiger partial charge >= 0.3 is 0 Å². The monoisotopic (exact) mass is 384 g/mol. The lowest BCUT2D eigenvalue weighted by atomic mass is 10.0. The molecule has 6 nitrogen and oxygen atoms in total. The third-order valence-electron chi connectivity index (χ3n) is 5.43. The van der Waals surface area contributed by atoms with Gasteiger partial charge in [-0.2, -0.15) is 4.98 Å². The number of benzene rings is 1. The van der Waals surface area contributed by atoms with Crippen LogP contribution < -0.4 is 10.1 Å². The molecule has 7 heteroatoms. The number of hydrogen-bond donors (Lipinski definition) is 1. The van der Waals surface area contributed by atoms with Crippen LogP contribution in [0.25, 0.3) is 11.4 Å². The number of halogens is 1. The minimum absolute atomic E-state index is 0. The molecule has 2 unspecified atom stereocenters. The van der Waals surface area contributed by atoms with E-state index in [0.29, 0.717) is 23.8 Å². The molecule has 0 bridgehead atoms. The Balaban J connectivity index is 0.00000180. The highest BCUT2D eigenvalue weighted by Crippen LogP contribution is 2.62. The normalized spacial score (nSPS) is 23.2. The topological polar surface area (TPSA) is 73.1 Å². The van der Waals surface area contributed by atoms with E-state index in [-0.39, 0.29) is 12.4 Å². The number of hydrogen-bond acceptors (Lipinski definition) is 6. The van der Waals surface area contributed by atoms with Crippen LogP contribution >= 0.6 is 12.4 Å². The Kier molecular flexibility index (Phi) is 4.85. The van der Waals surface area contributed by atoms with E-state index in [4.69, 9.17) is 9.26 Å². The summed E-state index contributed by atoms with van der Waals surface area (Å²) in [6.45, 7) is 2.63. The van der Waals surface area contributed by atoms with Crippen molar-refractivity contribution in [2.75, 3.05) is 13.1 Å². The summed E-state index contributed by atoms with van der Waals surface area (Å²) in [4.78, 5) is 8.75. The molecule has 2 aliphatic rings. The summed E-state index contributed by atoms with van der Waals surface area (Å²) in [5, 5.41) is 7.63. The second kappa shape index (κ2) is 7.29. The third-order valence-corrected chi connectivity index (χ3v) is 5.43. The minimum atomic E-state index is 0. The van der Waals surface area contributed by atoms with Gasteiger partial charge in [-0.15, -0.1) is 12.4 Å². The predicted molar refractivity (Wildman–Crippen MR) is 103 cm³/mol. The highest BCUT2D eigenvalue weighted by Gasteiger charge is 2.58. The lowest BCUT2D eigenvalue weighted by Gasteiger charge is -2.06. The van der Waals surface area contributed by atoms with Crippen molar-refractivity contribution >= 4 is 12.4 Å². The molecule has 27 heavy (non-hydrogen) atoms. The summed E-state index contributed by atoms with van der Waals surface area (Å²) in [7, 11) is 0. The summed E-state index contributed by atoms with van der Waals surface area (Å²) in [5.74, 6) is 2.58. The van der Waals surface area contributed by atoms with Gasteiger partial charge in [0.05, 0.1) is 0 Å². The summed E-state index contributed by atoms with van der Waals surface area (Å²) in [6, 6.07) is 11.7. The molecular weight excluding hydrogens is 364 g/mol. The van der Waals surface area contributed by atoms with Gasteiger partial charge in [0.2, 0.25) is 11.7 Å². The van der Waals surface area contributed by atoms with Crippen LogP contribution in [0.5, 0.6) is 5.75 Å². The molecule has 2 aromatic heterocycles. The van der Waals surface area contributed by atoms with Crippen molar-refractivity contribution in [3.05, 3.63) is 60.2 Å². The quantitative estimate of drug-likeness (QED) is 0.724. The molecule has 3 heterocycles. The number of ether oxygens (including phenoxy) is 1. The molecule has 1 spiro atoms. The zero-order chi connectivity index (χ0) is 17.4. The first kappa shape index (κ1) is 17.9. The highest BCUT2D eigenvalue weighted by atomic mass is 35.5. The zero-order valence-electron chi connectivity index (χ0n) is 14.8. The van der Waals surface area contributed by atoms with Crippen molar-refractivity contribution in [1.82, 2.24) is 20.4 Å². The van der Waals surface area contributed by atoms with Gasteiger partial charge in [0.25, 0.3) is 0 Å². The van der Waals surface area contributed by atoms with Gasteiger partial charge in [-0.1, -0.05) is 23.4 Å². The van der Waals surface area contributed by atoms with E-state index < -0.39 is 0 Å². The summed E-state index contributed by atoms with van der Waals surface area (Å²) in [6.07, 6.45) is 5.91. The molecule has 3 aromatic rings. The number of nitrogens with one attached hydrogen (secondary N) is 1. The van der Waals surface area contributed by atoms with Gasteiger partial charge in [-0.3, -0.25) is 4.98 Å². The van der Waals surface area contributed by atoms with Gasteiger partial charge in [0.1, 0.15) is 12.4 Å². The summed E-state index contributed by atoms with van der Waals surface area (Å²) >= 11 is 0. The molecule has 2 fully saturated rings. The van der Waals surface area contributed by atoms with Crippen molar-refractivity contribution in [1.29, 1.82) is 0 Å². The Morgan fingerprint density at radius 1 is 1.26 bits per heavy atom. The standard InChI is InChI=1S/C20H20N4O2.ClH/c1-4-15(9-16(5-1)25-12-14-3-2-7-21-11-14)18-23-19(26-24-18)17-10-20(17)6-8-22-13-20;/h1-5,7,9,11,17,22H,6,8,10,12-13H2;1H. The Morgan fingerprint density at radius 2 is 2.22 bits per heavy atom. The molecule has 5 rings (SSSR count). The van der Waals surface area contributed by atoms with E-state index >= 15 is 0 Å². The summed E-state index contributed by atoms with van der Waals surface area (Å²) in [5.41, 5.74) is 2.30. The maximum Gasteiger partial charge on any atom is 0.230 e. The first-order valence-corrected chi connectivity index (χ1v) is 8.99. The van der Waals surface area contributed by atoms with Crippen LogP contribution in [0.4, 0.5) is 0 Å². The van der Waals surface area contributed by atoms with Gasteiger partial charge in [-0.05, 0) is 43.0 Å². The van der Waals surface area contributed by atoms with E-state index in [1.807, 2.05) is 36.4 Å². The Hall–Kier alpha value is -2.44. The molecule has 1 saturated carbocycles. The first-order chi connectivity index (χ1) is 12.8. The average molecular weight is 385 g/mol. The fourth-order valence-electron chi connectivity index (χ4n) is 3.80. The Bertz CT molecular complexity index is 909. The molecule has 1 aliphatic carbocycles. The van der Waals surface area contributed by atoms with Gasteiger partial charge in [0.15, 0.2) is 0 Å². The molecule has 0 radical (unpaired) electrons. The molecule has 2 atom stereocenters. The van der Waals surface area contributed by atoms with E-state index in [0.717, 1.165) is 42.3 Å². The van der Waals surface area contributed by atoms with Gasteiger partial charge < -0.3 is 14.6 Å².